The van der Waals surface area contributed by atoms with E-state index in [4.69, 9.17) is 9.84 Å². The summed E-state index contributed by atoms with van der Waals surface area (Å²) in [5, 5.41) is 10.1. The lowest BCUT2D eigenvalue weighted by Crippen LogP contribution is -2.41. The summed E-state index contributed by atoms with van der Waals surface area (Å²) in [5.41, 5.74) is 0. The molecule has 0 saturated heterocycles. The van der Waals surface area contributed by atoms with Crippen LogP contribution in [0.3, 0.4) is 0 Å². The normalized spacial score (nSPS) is 13.7. The second-order valence-corrected chi connectivity index (χ2v) is 7.00. The third-order valence-corrected chi connectivity index (χ3v) is 5.09. The van der Waals surface area contributed by atoms with Crippen molar-refractivity contribution in [2.75, 3.05) is 13.7 Å². The molecule has 0 aromatic carbocycles. The number of thiophene rings is 1. The summed E-state index contributed by atoms with van der Waals surface area (Å²) in [6, 6.07) is 0.794. The quantitative estimate of drug-likeness (QED) is 0.794. The number of rotatable bonds is 7. The van der Waals surface area contributed by atoms with Gasteiger partial charge in [-0.25, -0.2) is 17.9 Å². The number of carboxylic acids is 1. The Hall–Kier alpha value is -0.960. The van der Waals surface area contributed by atoms with E-state index < -0.39 is 16.0 Å². The van der Waals surface area contributed by atoms with Gasteiger partial charge in [-0.2, -0.15) is 0 Å². The van der Waals surface area contributed by atoms with Gasteiger partial charge in [0.2, 0.25) is 10.0 Å². The van der Waals surface area contributed by atoms with E-state index in [1.54, 1.807) is 0 Å². The predicted molar refractivity (Wildman–Crippen MR) is 72.1 cm³/mol. The lowest BCUT2D eigenvalue weighted by Gasteiger charge is -2.20. The van der Waals surface area contributed by atoms with Crippen molar-refractivity contribution >= 4 is 27.3 Å². The first-order valence-corrected chi connectivity index (χ1v) is 7.97. The average Bonchev–Trinajstić information content (AvgIpc) is 2.78. The van der Waals surface area contributed by atoms with E-state index in [1.807, 2.05) is 13.8 Å². The Bertz CT molecular complexity index is 535. The molecule has 1 aromatic rings. The molecule has 0 aliphatic carbocycles. The Labute approximate surface area is 116 Å². The lowest BCUT2D eigenvalue weighted by atomic mass is 10.1. The second-order valence-electron chi connectivity index (χ2n) is 4.38. The monoisotopic (exact) mass is 307 g/mol. The number of nitrogens with one attached hydrogen (secondary N) is 1. The van der Waals surface area contributed by atoms with Gasteiger partial charge in [-0.3, -0.25) is 0 Å². The van der Waals surface area contributed by atoms with Gasteiger partial charge in [0, 0.05) is 18.5 Å². The van der Waals surface area contributed by atoms with Gasteiger partial charge in [-0.15, -0.1) is 11.3 Å². The molecule has 1 aromatic heterocycles. The molecule has 1 heterocycles. The third-order valence-electron chi connectivity index (χ3n) is 2.55. The number of sulfonamides is 1. The first kappa shape index (κ1) is 16.1. The number of carboxylic acid groups (broad SMARTS) is 1. The number of hydrogen-bond acceptors (Lipinski definition) is 5. The lowest BCUT2D eigenvalue weighted by molar-refractivity contribution is 0.0702. The first-order chi connectivity index (χ1) is 8.77. The highest BCUT2D eigenvalue weighted by atomic mass is 32.2. The van der Waals surface area contributed by atoms with Crippen LogP contribution in [-0.4, -0.2) is 39.3 Å². The number of aromatic carboxylic acids is 1. The fourth-order valence-electron chi connectivity index (χ4n) is 1.38. The smallest absolute Gasteiger partial charge is 0.345 e. The van der Waals surface area contributed by atoms with Crippen LogP contribution in [0.25, 0.3) is 0 Å². The Morgan fingerprint density at radius 3 is 2.58 bits per heavy atom. The molecule has 0 aliphatic heterocycles. The van der Waals surface area contributed by atoms with Crippen molar-refractivity contribution in [1.82, 2.24) is 4.72 Å². The third kappa shape index (κ3) is 4.27. The van der Waals surface area contributed by atoms with Crippen LogP contribution in [0.4, 0.5) is 0 Å². The molecular weight excluding hydrogens is 290 g/mol. The highest BCUT2D eigenvalue weighted by Gasteiger charge is 2.24. The van der Waals surface area contributed by atoms with Gasteiger partial charge in [0.05, 0.1) is 11.5 Å². The maximum atomic E-state index is 12.1. The van der Waals surface area contributed by atoms with E-state index in [0.717, 1.165) is 17.4 Å². The van der Waals surface area contributed by atoms with Crippen LogP contribution >= 0.6 is 11.3 Å². The Morgan fingerprint density at radius 2 is 2.16 bits per heavy atom. The fourth-order valence-corrected chi connectivity index (χ4v) is 3.86. The van der Waals surface area contributed by atoms with Crippen LogP contribution in [0.15, 0.2) is 16.3 Å². The minimum absolute atomic E-state index is 0.00628. The van der Waals surface area contributed by atoms with Crippen molar-refractivity contribution in [3.8, 4) is 0 Å². The molecule has 8 heteroatoms. The van der Waals surface area contributed by atoms with Gasteiger partial charge in [0.1, 0.15) is 4.88 Å². The summed E-state index contributed by atoms with van der Waals surface area (Å²) < 4.78 is 31.7. The highest BCUT2D eigenvalue weighted by molar-refractivity contribution is 7.89. The summed E-state index contributed by atoms with van der Waals surface area (Å²) in [6.07, 6.45) is 0. The van der Waals surface area contributed by atoms with E-state index in [1.165, 1.54) is 12.5 Å². The summed E-state index contributed by atoms with van der Waals surface area (Å²) >= 11 is 0.883. The van der Waals surface area contributed by atoms with Gasteiger partial charge >= 0.3 is 5.97 Å². The standard InChI is InChI=1S/C11H17NO5S2/c1-7(2)9(5-17-3)12-19(15,16)8-4-10(11(13)14)18-6-8/h4,6-7,9,12H,5H2,1-3H3,(H,13,14). The number of methoxy groups -OCH3 is 1. The molecule has 0 radical (unpaired) electrons. The maximum absolute atomic E-state index is 12.1. The molecule has 1 rings (SSSR count). The van der Waals surface area contributed by atoms with Crippen molar-refractivity contribution in [2.24, 2.45) is 5.92 Å². The Morgan fingerprint density at radius 1 is 1.53 bits per heavy atom. The predicted octanol–water partition coefficient (Wildman–Crippen LogP) is 1.40. The van der Waals surface area contributed by atoms with Crippen LogP contribution in [0.1, 0.15) is 23.5 Å². The van der Waals surface area contributed by atoms with Gasteiger partial charge in [-0.1, -0.05) is 13.8 Å². The topological polar surface area (TPSA) is 92.7 Å². The Kier molecular flexibility index (Phi) is 5.48. The maximum Gasteiger partial charge on any atom is 0.345 e. The minimum Gasteiger partial charge on any atom is -0.477 e. The SMILES string of the molecule is COCC(NS(=O)(=O)c1csc(C(=O)O)c1)C(C)C. The number of ether oxygens (including phenoxy) is 1. The molecule has 0 aliphatic rings. The molecule has 0 spiro atoms. The Balaban J connectivity index is 2.93. The zero-order valence-corrected chi connectivity index (χ0v) is 12.5. The van der Waals surface area contributed by atoms with Gasteiger partial charge in [0.15, 0.2) is 0 Å². The van der Waals surface area contributed by atoms with E-state index in [9.17, 15) is 13.2 Å². The second kappa shape index (κ2) is 6.47. The molecule has 108 valence electrons. The largest absolute Gasteiger partial charge is 0.477 e. The van der Waals surface area contributed by atoms with Gasteiger partial charge < -0.3 is 9.84 Å². The van der Waals surface area contributed by atoms with Crippen LogP contribution in [0, 0.1) is 5.92 Å². The molecule has 6 nitrogen and oxygen atoms in total. The van der Waals surface area contributed by atoms with Crippen LogP contribution in [-0.2, 0) is 14.8 Å². The first-order valence-electron chi connectivity index (χ1n) is 5.61. The number of hydrogen-bond donors (Lipinski definition) is 2. The van der Waals surface area contributed by atoms with E-state index in [0.29, 0.717) is 0 Å². The zero-order valence-electron chi connectivity index (χ0n) is 10.9. The van der Waals surface area contributed by atoms with Crippen molar-refractivity contribution in [2.45, 2.75) is 24.8 Å². The molecule has 0 amide bonds. The molecule has 0 fully saturated rings. The molecule has 0 saturated carbocycles. The molecule has 1 atom stereocenters. The highest BCUT2D eigenvalue weighted by Crippen LogP contribution is 2.20. The van der Waals surface area contributed by atoms with Crippen molar-refractivity contribution in [3.63, 3.8) is 0 Å². The van der Waals surface area contributed by atoms with Crippen molar-refractivity contribution in [1.29, 1.82) is 0 Å². The van der Waals surface area contributed by atoms with Crippen LogP contribution in [0.5, 0.6) is 0 Å². The fraction of sp³-hybridized carbons (Fsp3) is 0.545. The molecule has 2 N–H and O–H groups in total. The van der Waals surface area contributed by atoms with E-state index >= 15 is 0 Å². The van der Waals surface area contributed by atoms with Crippen LogP contribution < -0.4 is 4.72 Å². The zero-order chi connectivity index (χ0) is 14.6. The number of carbonyl (C=O) groups is 1. The van der Waals surface area contributed by atoms with Crippen molar-refractivity contribution in [3.05, 3.63) is 16.3 Å². The van der Waals surface area contributed by atoms with E-state index in [2.05, 4.69) is 4.72 Å². The van der Waals surface area contributed by atoms with Gasteiger partial charge in [-0.05, 0) is 12.0 Å². The minimum atomic E-state index is -3.72. The summed E-state index contributed by atoms with van der Waals surface area (Å²) in [6.45, 7) is 4.01. The summed E-state index contributed by atoms with van der Waals surface area (Å²) in [7, 11) is -2.23. The molecular formula is C11H17NO5S2. The summed E-state index contributed by atoms with van der Waals surface area (Å²) in [4.78, 5) is 10.7. The molecule has 1 unspecified atom stereocenters. The van der Waals surface area contributed by atoms with Crippen molar-refractivity contribution < 1.29 is 23.1 Å². The van der Waals surface area contributed by atoms with Crippen LogP contribution in [0.2, 0.25) is 0 Å². The molecule has 0 bridgehead atoms. The summed E-state index contributed by atoms with van der Waals surface area (Å²) in [5.74, 6) is -1.07. The van der Waals surface area contributed by atoms with Gasteiger partial charge in [0.25, 0.3) is 0 Å². The van der Waals surface area contributed by atoms with E-state index in [-0.39, 0.29) is 28.3 Å². The average molecular weight is 307 g/mol. The molecule has 19 heavy (non-hydrogen) atoms.